The number of thioether (sulfide) groups is 1. The molecule has 152 valence electrons. The lowest BCUT2D eigenvalue weighted by Crippen LogP contribution is -2.41. The predicted octanol–water partition coefficient (Wildman–Crippen LogP) is 4.36. The Balaban J connectivity index is 0.00000280. The minimum Gasteiger partial charge on any atom is -0.355 e. The molecule has 3 rings (SSSR count). The zero-order valence-corrected chi connectivity index (χ0v) is 20.1. The van der Waals surface area contributed by atoms with E-state index in [1.165, 1.54) is 28.9 Å². The van der Waals surface area contributed by atoms with Gasteiger partial charge in [0, 0.05) is 36.3 Å². The van der Waals surface area contributed by atoms with Gasteiger partial charge < -0.3 is 15.5 Å². The van der Waals surface area contributed by atoms with Crippen LogP contribution in [0.15, 0.2) is 64.5 Å². The van der Waals surface area contributed by atoms with Gasteiger partial charge >= 0.3 is 0 Å². The Labute approximate surface area is 190 Å². The third kappa shape index (κ3) is 6.97. The highest BCUT2D eigenvalue weighted by atomic mass is 127. The first-order valence-electron chi connectivity index (χ1n) is 9.50. The summed E-state index contributed by atoms with van der Waals surface area (Å²) in [6.45, 7) is 2.66. The van der Waals surface area contributed by atoms with Crippen LogP contribution in [0.2, 0.25) is 0 Å². The highest BCUT2D eigenvalue weighted by Crippen LogP contribution is 2.51. The van der Waals surface area contributed by atoms with Gasteiger partial charge in [-0.2, -0.15) is 0 Å². The summed E-state index contributed by atoms with van der Waals surface area (Å²) in [6.07, 6.45) is 2.50. The van der Waals surface area contributed by atoms with E-state index < -0.39 is 0 Å². The molecule has 28 heavy (non-hydrogen) atoms. The fraction of sp³-hybridized carbons (Fsp3) is 0.409. The summed E-state index contributed by atoms with van der Waals surface area (Å²) in [5.74, 6) is 0.870. The molecular formula is C22H31IN4S. The van der Waals surface area contributed by atoms with Gasteiger partial charge in [0.1, 0.15) is 0 Å². The summed E-state index contributed by atoms with van der Waals surface area (Å²) in [7, 11) is 6.04. The lowest BCUT2D eigenvalue weighted by molar-refractivity contribution is 0.400. The summed E-state index contributed by atoms with van der Waals surface area (Å²) in [4.78, 5) is 7.95. The van der Waals surface area contributed by atoms with E-state index in [-0.39, 0.29) is 24.0 Å². The van der Waals surface area contributed by atoms with Crippen molar-refractivity contribution in [1.82, 2.24) is 15.5 Å². The second kappa shape index (κ2) is 11.1. The molecule has 2 aromatic carbocycles. The average Bonchev–Trinajstić information content (AvgIpc) is 3.43. The van der Waals surface area contributed by atoms with Crippen LogP contribution in [-0.4, -0.2) is 43.3 Å². The molecule has 2 aromatic rings. The summed E-state index contributed by atoms with van der Waals surface area (Å²) in [6, 6.07) is 19.3. The van der Waals surface area contributed by atoms with Crippen LogP contribution in [0.4, 0.5) is 0 Å². The van der Waals surface area contributed by atoms with Crippen LogP contribution < -0.4 is 10.6 Å². The normalized spacial score (nSPS) is 15.1. The van der Waals surface area contributed by atoms with E-state index in [9.17, 15) is 0 Å². The first kappa shape index (κ1) is 23.0. The van der Waals surface area contributed by atoms with Gasteiger partial charge in [0.05, 0.1) is 0 Å². The van der Waals surface area contributed by atoms with Crippen molar-refractivity contribution in [3.8, 4) is 0 Å². The average molecular weight is 510 g/mol. The maximum Gasteiger partial charge on any atom is 0.191 e. The standard InChI is InChI=1S/C22H30N4S.HI/c1-23-21(24-15-18-9-7-8-10-19(18)16-26(2)3)25-17-22(13-14-22)27-20-11-5-4-6-12-20;/h4-12H,13-17H2,1-3H3,(H2,23,24,25);1H. The number of halogens is 1. The van der Waals surface area contributed by atoms with E-state index in [1.807, 2.05) is 18.8 Å². The monoisotopic (exact) mass is 510 g/mol. The van der Waals surface area contributed by atoms with Crippen molar-refractivity contribution in [3.05, 3.63) is 65.7 Å². The second-order valence-corrected chi connectivity index (χ2v) is 8.93. The smallest absolute Gasteiger partial charge is 0.191 e. The maximum absolute atomic E-state index is 4.41. The zero-order chi connectivity index (χ0) is 19.1. The van der Waals surface area contributed by atoms with E-state index in [0.717, 1.165) is 25.6 Å². The first-order chi connectivity index (χ1) is 13.1. The van der Waals surface area contributed by atoms with Crippen molar-refractivity contribution in [2.45, 2.75) is 35.6 Å². The van der Waals surface area contributed by atoms with Gasteiger partial charge in [0.25, 0.3) is 0 Å². The lowest BCUT2D eigenvalue weighted by atomic mass is 10.1. The summed E-state index contributed by atoms with van der Waals surface area (Å²) in [5, 5.41) is 7.01. The van der Waals surface area contributed by atoms with Crippen LogP contribution in [0.3, 0.4) is 0 Å². The Morgan fingerprint density at radius 3 is 2.25 bits per heavy atom. The molecule has 0 radical (unpaired) electrons. The molecule has 1 aliphatic rings. The Bertz CT molecular complexity index is 760. The molecule has 0 unspecified atom stereocenters. The quantitative estimate of drug-likeness (QED) is 0.315. The van der Waals surface area contributed by atoms with Crippen molar-refractivity contribution in [2.75, 3.05) is 27.7 Å². The molecule has 0 heterocycles. The van der Waals surface area contributed by atoms with E-state index in [4.69, 9.17) is 0 Å². The van der Waals surface area contributed by atoms with Gasteiger partial charge in [-0.1, -0.05) is 42.5 Å². The van der Waals surface area contributed by atoms with Crippen LogP contribution in [0.1, 0.15) is 24.0 Å². The number of guanidine groups is 1. The number of rotatable bonds is 8. The molecule has 0 atom stereocenters. The van der Waals surface area contributed by atoms with Crippen molar-refractivity contribution < 1.29 is 0 Å². The Morgan fingerprint density at radius 1 is 1.00 bits per heavy atom. The van der Waals surface area contributed by atoms with Gasteiger partial charge in [0.2, 0.25) is 0 Å². The van der Waals surface area contributed by atoms with E-state index >= 15 is 0 Å². The number of benzene rings is 2. The van der Waals surface area contributed by atoms with Crippen LogP contribution >= 0.6 is 35.7 Å². The van der Waals surface area contributed by atoms with Gasteiger partial charge in [0.15, 0.2) is 5.96 Å². The van der Waals surface area contributed by atoms with Gasteiger partial charge in [-0.25, -0.2) is 0 Å². The lowest BCUT2D eigenvalue weighted by Gasteiger charge is -2.19. The third-order valence-electron chi connectivity index (χ3n) is 4.74. The van der Waals surface area contributed by atoms with Crippen LogP contribution in [0.25, 0.3) is 0 Å². The van der Waals surface area contributed by atoms with Gasteiger partial charge in [-0.05, 0) is 50.2 Å². The predicted molar refractivity (Wildman–Crippen MR) is 132 cm³/mol. The molecule has 0 aromatic heterocycles. The molecule has 0 amide bonds. The highest BCUT2D eigenvalue weighted by molar-refractivity contribution is 14.0. The molecule has 0 saturated heterocycles. The Hall–Kier alpha value is -1.25. The number of nitrogens with one attached hydrogen (secondary N) is 2. The van der Waals surface area contributed by atoms with Crippen molar-refractivity contribution in [2.24, 2.45) is 4.99 Å². The largest absolute Gasteiger partial charge is 0.355 e. The molecule has 0 aliphatic heterocycles. The topological polar surface area (TPSA) is 39.7 Å². The van der Waals surface area contributed by atoms with E-state index in [0.29, 0.717) is 4.75 Å². The summed E-state index contributed by atoms with van der Waals surface area (Å²) in [5.41, 5.74) is 2.66. The molecule has 4 nitrogen and oxygen atoms in total. The molecule has 1 saturated carbocycles. The number of nitrogens with zero attached hydrogens (tertiary/aromatic N) is 2. The molecular weight excluding hydrogens is 479 g/mol. The molecule has 1 fully saturated rings. The Morgan fingerprint density at radius 2 is 1.64 bits per heavy atom. The van der Waals surface area contributed by atoms with Crippen LogP contribution in [0.5, 0.6) is 0 Å². The SMILES string of the molecule is CN=C(NCc1ccccc1CN(C)C)NCC1(Sc2ccccc2)CC1.I. The minimum absolute atomic E-state index is 0. The fourth-order valence-corrected chi connectivity index (χ4v) is 4.31. The summed E-state index contributed by atoms with van der Waals surface area (Å²) >= 11 is 1.98. The number of aliphatic imine (C=N–C) groups is 1. The summed E-state index contributed by atoms with van der Waals surface area (Å²) < 4.78 is 0.307. The van der Waals surface area contributed by atoms with Crippen LogP contribution in [0, 0.1) is 0 Å². The van der Waals surface area contributed by atoms with Crippen molar-refractivity contribution in [1.29, 1.82) is 0 Å². The van der Waals surface area contributed by atoms with Crippen LogP contribution in [-0.2, 0) is 13.1 Å². The Kier molecular flexibility index (Phi) is 9.11. The van der Waals surface area contributed by atoms with Gasteiger partial charge in [-0.3, -0.25) is 4.99 Å². The van der Waals surface area contributed by atoms with Gasteiger partial charge in [-0.15, -0.1) is 35.7 Å². The number of hydrogen-bond donors (Lipinski definition) is 2. The molecule has 0 spiro atoms. The molecule has 6 heteroatoms. The first-order valence-corrected chi connectivity index (χ1v) is 10.3. The second-order valence-electron chi connectivity index (χ2n) is 7.38. The zero-order valence-electron chi connectivity index (χ0n) is 16.9. The van der Waals surface area contributed by atoms with Crippen molar-refractivity contribution >= 4 is 41.7 Å². The molecule has 0 bridgehead atoms. The third-order valence-corrected chi connectivity index (χ3v) is 6.23. The molecule has 1 aliphatic carbocycles. The minimum atomic E-state index is 0. The van der Waals surface area contributed by atoms with E-state index in [2.05, 4.69) is 89.2 Å². The number of hydrogen-bond acceptors (Lipinski definition) is 3. The maximum atomic E-state index is 4.41. The van der Waals surface area contributed by atoms with E-state index in [1.54, 1.807) is 0 Å². The van der Waals surface area contributed by atoms with Crippen molar-refractivity contribution in [3.63, 3.8) is 0 Å². The fourth-order valence-electron chi connectivity index (χ4n) is 3.06. The highest BCUT2D eigenvalue weighted by Gasteiger charge is 2.43. The molecule has 2 N–H and O–H groups in total.